The van der Waals surface area contributed by atoms with Gasteiger partial charge in [-0.3, -0.25) is 0 Å². The van der Waals surface area contributed by atoms with Crippen molar-refractivity contribution in [2.24, 2.45) is 0 Å². The summed E-state index contributed by atoms with van der Waals surface area (Å²) < 4.78 is 4.86. The van der Waals surface area contributed by atoms with Crippen molar-refractivity contribution in [2.45, 2.75) is 32.5 Å². The highest BCUT2D eigenvalue weighted by atomic mass is 16.6. The van der Waals surface area contributed by atoms with Gasteiger partial charge in [-0.2, -0.15) is 5.26 Å². The van der Waals surface area contributed by atoms with Crippen LogP contribution < -0.4 is 5.32 Å². The number of rotatable bonds is 2. The number of aliphatic hydroxyl groups is 1. The van der Waals surface area contributed by atoms with Crippen molar-refractivity contribution in [3.63, 3.8) is 0 Å². The summed E-state index contributed by atoms with van der Waals surface area (Å²) in [6.07, 6.45) is -1.82. The highest BCUT2D eigenvalue weighted by molar-refractivity contribution is 5.67. The Bertz CT molecular complexity index is 214. The van der Waals surface area contributed by atoms with Crippen LogP contribution in [-0.2, 0) is 4.74 Å². The lowest BCUT2D eigenvalue weighted by molar-refractivity contribution is 0.0507. The van der Waals surface area contributed by atoms with Crippen molar-refractivity contribution < 1.29 is 14.6 Å². The van der Waals surface area contributed by atoms with Gasteiger partial charge in [-0.25, -0.2) is 4.79 Å². The van der Waals surface area contributed by atoms with Crippen LogP contribution >= 0.6 is 0 Å². The van der Waals surface area contributed by atoms with Crippen molar-refractivity contribution in [3.05, 3.63) is 0 Å². The van der Waals surface area contributed by atoms with E-state index < -0.39 is 17.8 Å². The number of nitrogens with one attached hydrogen (secondary N) is 1. The first-order chi connectivity index (χ1) is 5.85. The van der Waals surface area contributed by atoms with Crippen LogP contribution in [0.5, 0.6) is 0 Å². The Labute approximate surface area is 77.3 Å². The van der Waals surface area contributed by atoms with Gasteiger partial charge in [0.05, 0.1) is 12.6 Å². The smallest absolute Gasteiger partial charge is 0.407 e. The van der Waals surface area contributed by atoms with E-state index in [1.807, 2.05) is 0 Å². The summed E-state index contributed by atoms with van der Waals surface area (Å²) in [7, 11) is 0. The molecule has 0 spiro atoms. The van der Waals surface area contributed by atoms with Crippen LogP contribution in [0.1, 0.15) is 20.8 Å². The molecule has 5 heteroatoms. The average molecular weight is 186 g/mol. The molecule has 1 unspecified atom stereocenters. The van der Waals surface area contributed by atoms with Crippen LogP contribution in [0.2, 0.25) is 0 Å². The molecule has 0 saturated heterocycles. The molecule has 0 bridgehead atoms. The molecule has 0 aliphatic heterocycles. The van der Waals surface area contributed by atoms with Crippen LogP contribution in [0, 0.1) is 11.3 Å². The fourth-order valence-corrected chi connectivity index (χ4v) is 0.540. The van der Waals surface area contributed by atoms with Gasteiger partial charge in [0.2, 0.25) is 0 Å². The lowest BCUT2D eigenvalue weighted by Gasteiger charge is -2.19. The first-order valence-electron chi connectivity index (χ1n) is 3.89. The number of hydrogen-bond donors (Lipinski definition) is 2. The number of amides is 1. The summed E-state index contributed by atoms with van der Waals surface area (Å²) in [4.78, 5) is 10.9. The van der Waals surface area contributed by atoms with Crippen LogP contribution in [-0.4, -0.2) is 29.4 Å². The molecule has 2 N–H and O–H groups in total. The zero-order valence-electron chi connectivity index (χ0n) is 8.00. The highest BCUT2D eigenvalue weighted by Gasteiger charge is 2.16. The molecular formula is C8H14N2O3. The molecule has 0 aliphatic carbocycles. The lowest BCUT2D eigenvalue weighted by Crippen LogP contribution is -2.36. The molecule has 0 heterocycles. The standard InChI is InChI=1S/C8H14N2O3/c1-8(2,3)13-7(12)10-5-6(11)4-9/h6,11H,5H2,1-3H3,(H,10,12). The Morgan fingerprint density at radius 1 is 1.69 bits per heavy atom. The van der Waals surface area contributed by atoms with E-state index in [0.717, 1.165) is 0 Å². The Kier molecular flexibility index (Phi) is 4.21. The molecule has 0 radical (unpaired) electrons. The molecule has 0 aromatic carbocycles. The van der Waals surface area contributed by atoms with Gasteiger partial charge in [-0.1, -0.05) is 0 Å². The molecular weight excluding hydrogens is 172 g/mol. The Hall–Kier alpha value is -1.28. The summed E-state index contributed by atoms with van der Waals surface area (Å²) in [6, 6.07) is 1.57. The van der Waals surface area contributed by atoms with Crippen molar-refractivity contribution in [1.82, 2.24) is 5.32 Å². The molecule has 1 amide bonds. The Morgan fingerprint density at radius 2 is 2.23 bits per heavy atom. The van der Waals surface area contributed by atoms with Crippen molar-refractivity contribution in [3.8, 4) is 6.07 Å². The molecule has 0 aromatic heterocycles. The molecule has 0 fully saturated rings. The van der Waals surface area contributed by atoms with Gasteiger partial charge in [-0.15, -0.1) is 0 Å². The molecule has 0 aliphatic rings. The van der Waals surface area contributed by atoms with Gasteiger partial charge in [0, 0.05) is 0 Å². The normalized spacial score (nSPS) is 12.8. The maximum absolute atomic E-state index is 10.9. The van der Waals surface area contributed by atoms with Crippen molar-refractivity contribution in [2.75, 3.05) is 6.54 Å². The molecule has 0 aromatic rings. The maximum atomic E-state index is 10.9. The fraction of sp³-hybridized carbons (Fsp3) is 0.750. The van der Waals surface area contributed by atoms with Crippen molar-refractivity contribution in [1.29, 1.82) is 5.26 Å². The van der Waals surface area contributed by atoms with Crippen LogP contribution in [0.25, 0.3) is 0 Å². The molecule has 1 atom stereocenters. The zero-order valence-corrected chi connectivity index (χ0v) is 8.00. The predicted molar refractivity (Wildman–Crippen MR) is 45.9 cm³/mol. The van der Waals surface area contributed by atoms with Gasteiger partial charge >= 0.3 is 6.09 Å². The van der Waals surface area contributed by atoms with Crippen molar-refractivity contribution >= 4 is 6.09 Å². The van der Waals surface area contributed by atoms with E-state index in [2.05, 4.69) is 5.32 Å². The van der Waals surface area contributed by atoms with Gasteiger partial charge < -0.3 is 15.2 Å². The topological polar surface area (TPSA) is 82.3 Å². The summed E-state index contributed by atoms with van der Waals surface area (Å²) >= 11 is 0. The third-order valence-electron chi connectivity index (χ3n) is 0.988. The third-order valence-corrected chi connectivity index (χ3v) is 0.988. The monoisotopic (exact) mass is 186 g/mol. The number of nitrogens with zero attached hydrogens (tertiary/aromatic N) is 1. The van der Waals surface area contributed by atoms with Crippen LogP contribution in [0.3, 0.4) is 0 Å². The number of alkyl carbamates (subject to hydrolysis) is 1. The lowest BCUT2D eigenvalue weighted by atomic mass is 10.2. The second-order valence-corrected chi connectivity index (χ2v) is 3.53. The van der Waals surface area contributed by atoms with Gasteiger partial charge in [0.25, 0.3) is 0 Å². The van der Waals surface area contributed by atoms with E-state index in [4.69, 9.17) is 15.1 Å². The van der Waals surface area contributed by atoms with E-state index >= 15 is 0 Å². The summed E-state index contributed by atoms with van der Waals surface area (Å²) in [6.45, 7) is 5.07. The number of ether oxygens (including phenoxy) is 1. The fourth-order valence-electron chi connectivity index (χ4n) is 0.540. The average Bonchev–Trinajstić information content (AvgIpc) is 1.97. The van der Waals surface area contributed by atoms with E-state index in [1.54, 1.807) is 26.8 Å². The quantitative estimate of drug-likeness (QED) is 0.611. The van der Waals surface area contributed by atoms with Crippen LogP contribution in [0.4, 0.5) is 4.79 Å². The Balaban J connectivity index is 3.72. The summed E-state index contributed by atoms with van der Waals surface area (Å²) in [5, 5.41) is 19.2. The van der Waals surface area contributed by atoms with E-state index in [9.17, 15) is 4.79 Å². The SMILES string of the molecule is CC(C)(C)OC(=O)NCC(O)C#N. The Morgan fingerprint density at radius 3 is 2.62 bits per heavy atom. The summed E-state index contributed by atoms with van der Waals surface area (Å²) in [5.74, 6) is 0. The van der Waals surface area contributed by atoms with Crippen LogP contribution in [0.15, 0.2) is 0 Å². The maximum Gasteiger partial charge on any atom is 0.407 e. The zero-order chi connectivity index (χ0) is 10.5. The van der Waals surface area contributed by atoms with Gasteiger partial charge in [-0.05, 0) is 20.8 Å². The van der Waals surface area contributed by atoms with E-state index in [1.165, 1.54) is 0 Å². The minimum atomic E-state index is -1.19. The minimum absolute atomic E-state index is 0.120. The number of hydrogen-bond acceptors (Lipinski definition) is 4. The number of nitriles is 1. The molecule has 0 saturated carbocycles. The van der Waals surface area contributed by atoms with E-state index in [0.29, 0.717) is 0 Å². The molecule has 13 heavy (non-hydrogen) atoms. The van der Waals surface area contributed by atoms with Gasteiger partial charge in [0.1, 0.15) is 5.60 Å². The molecule has 74 valence electrons. The predicted octanol–water partition coefficient (Wildman–Crippen LogP) is 0.396. The molecule has 5 nitrogen and oxygen atoms in total. The first-order valence-corrected chi connectivity index (χ1v) is 3.89. The number of aliphatic hydroxyl groups excluding tert-OH is 1. The largest absolute Gasteiger partial charge is 0.444 e. The molecule has 0 rings (SSSR count). The number of carbonyl (C=O) groups is 1. The second-order valence-electron chi connectivity index (χ2n) is 3.53. The minimum Gasteiger partial charge on any atom is -0.444 e. The third kappa shape index (κ3) is 7.09. The first kappa shape index (κ1) is 11.7. The second kappa shape index (κ2) is 4.67. The summed E-state index contributed by atoms with van der Waals surface area (Å²) in [5.41, 5.74) is -0.568. The highest BCUT2D eigenvalue weighted by Crippen LogP contribution is 2.06. The number of carbonyl (C=O) groups excluding carboxylic acids is 1. The van der Waals surface area contributed by atoms with E-state index in [-0.39, 0.29) is 6.54 Å². The van der Waals surface area contributed by atoms with Gasteiger partial charge in [0.15, 0.2) is 6.10 Å².